The zero-order chi connectivity index (χ0) is 15.8. The summed E-state index contributed by atoms with van der Waals surface area (Å²) >= 11 is 1.61. The van der Waals surface area contributed by atoms with E-state index in [9.17, 15) is 9.59 Å². The molecule has 2 rings (SSSR count). The number of carbonyl (C=O) groups is 2. The molecule has 6 heteroatoms. The van der Waals surface area contributed by atoms with Crippen molar-refractivity contribution in [3.05, 3.63) is 21.4 Å². The number of hydrogen-bond acceptors (Lipinski definition) is 4. The van der Waals surface area contributed by atoms with Gasteiger partial charge in [-0.2, -0.15) is 0 Å². The monoisotopic (exact) mass is 324 g/mol. The van der Waals surface area contributed by atoms with Crippen molar-refractivity contribution in [1.29, 1.82) is 0 Å². The molecular weight excluding hydrogens is 300 g/mol. The highest BCUT2D eigenvalue weighted by molar-refractivity contribution is 7.14. The van der Waals surface area contributed by atoms with Crippen LogP contribution in [0.3, 0.4) is 0 Å². The van der Waals surface area contributed by atoms with Crippen LogP contribution in [0.4, 0.5) is 4.79 Å². The van der Waals surface area contributed by atoms with E-state index >= 15 is 0 Å². The first-order chi connectivity index (χ1) is 10.7. The lowest BCUT2D eigenvalue weighted by molar-refractivity contribution is 0.0956. The zero-order valence-corrected chi connectivity index (χ0v) is 13.9. The van der Waals surface area contributed by atoms with Crippen molar-refractivity contribution < 1.29 is 14.3 Å². The van der Waals surface area contributed by atoms with E-state index in [0.29, 0.717) is 19.7 Å². The molecule has 0 unspecified atom stereocenters. The van der Waals surface area contributed by atoms with Crippen LogP contribution in [0.15, 0.2) is 6.07 Å². The normalized spacial score (nSPS) is 14.4. The average molecular weight is 324 g/mol. The Balaban J connectivity index is 1.80. The second kappa shape index (κ2) is 8.78. The molecule has 0 atom stereocenters. The van der Waals surface area contributed by atoms with E-state index in [1.807, 2.05) is 6.07 Å². The Morgan fingerprint density at radius 2 is 1.86 bits per heavy atom. The standard InChI is InChI=1S/C16H24N2O3S/c1-2-21-16(20)18-10-9-17-15(19)14-11-12-7-5-3-4-6-8-13(12)22-14/h11H,2-10H2,1H3,(H,17,19)(H,18,20). The van der Waals surface area contributed by atoms with Gasteiger partial charge in [0.2, 0.25) is 0 Å². The highest BCUT2D eigenvalue weighted by Crippen LogP contribution is 2.28. The highest BCUT2D eigenvalue weighted by atomic mass is 32.1. The van der Waals surface area contributed by atoms with E-state index in [1.54, 1.807) is 18.3 Å². The van der Waals surface area contributed by atoms with Crippen molar-refractivity contribution >= 4 is 23.3 Å². The average Bonchev–Trinajstić information content (AvgIpc) is 2.86. The van der Waals surface area contributed by atoms with Gasteiger partial charge in [0.25, 0.3) is 5.91 Å². The van der Waals surface area contributed by atoms with E-state index in [2.05, 4.69) is 10.6 Å². The van der Waals surface area contributed by atoms with Crippen LogP contribution in [0.1, 0.15) is 52.7 Å². The second-order valence-corrected chi connectivity index (χ2v) is 6.51. The molecular formula is C16H24N2O3S. The minimum Gasteiger partial charge on any atom is -0.450 e. The maximum absolute atomic E-state index is 12.2. The molecule has 0 fully saturated rings. The molecule has 0 aliphatic heterocycles. The minimum absolute atomic E-state index is 0.0533. The number of hydrogen-bond donors (Lipinski definition) is 2. The summed E-state index contributed by atoms with van der Waals surface area (Å²) in [5, 5.41) is 5.42. The van der Waals surface area contributed by atoms with Gasteiger partial charge in [0.05, 0.1) is 11.5 Å². The summed E-state index contributed by atoms with van der Waals surface area (Å²) in [6.45, 7) is 2.87. The third-order valence-corrected chi connectivity index (χ3v) is 4.91. The Morgan fingerprint density at radius 1 is 1.14 bits per heavy atom. The van der Waals surface area contributed by atoms with E-state index in [4.69, 9.17) is 4.74 Å². The van der Waals surface area contributed by atoms with Crippen LogP contribution in [0, 0.1) is 0 Å². The predicted molar refractivity (Wildman–Crippen MR) is 87.6 cm³/mol. The van der Waals surface area contributed by atoms with Crippen molar-refractivity contribution in [3.8, 4) is 0 Å². The fourth-order valence-corrected chi connectivity index (χ4v) is 3.74. The van der Waals surface area contributed by atoms with Crippen molar-refractivity contribution in [3.63, 3.8) is 0 Å². The van der Waals surface area contributed by atoms with Crippen molar-refractivity contribution in [2.75, 3.05) is 19.7 Å². The SMILES string of the molecule is CCOC(=O)NCCNC(=O)c1cc2c(s1)CCCCCC2. The first-order valence-electron chi connectivity index (χ1n) is 8.01. The molecule has 5 nitrogen and oxygen atoms in total. The van der Waals surface area contributed by atoms with Crippen LogP contribution in [0.25, 0.3) is 0 Å². The van der Waals surface area contributed by atoms with E-state index < -0.39 is 6.09 Å². The van der Waals surface area contributed by atoms with Crippen LogP contribution < -0.4 is 10.6 Å². The molecule has 22 heavy (non-hydrogen) atoms. The lowest BCUT2D eigenvalue weighted by Gasteiger charge is -2.07. The Bertz CT molecular complexity index is 488. The molecule has 0 saturated carbocycles. The van der Waals surface area contributed by atoms with E-state index in [-0.39, 0.29) is 5.91 Å². The summed E-state index contributed by atoms with van der Waals surface area (Å²) in [6, 6.07) is 2.04. The summed E-state index contributed by atoms with van der Waals surface area (Å²) in [6.07, 6.45) is 6.75. The second-order valence-electron chi connectivity index (χ2n) is 5.38. The lowest BCUT2D eigenvalue weighted by Crippen LogP contribution is -2.34. The fraction of sp³-hybridized carbons (Fsp3) is 0.625. The number of ether oxygens (including phenoxy) is 1. The third kappa shape index (κ3) is 5.02. The molecule has 1 aromatic rings. The molecule has 122 valence electrons. The van der Waals surface area contributed by atoms with Gasteiger partial charge >= 0.3 is 6.09 Å². The first kappa shape index (κ1) is 16.8. The van der Waals surface area contributed by atoms with Gasteiger partial charge in [-0.25, -0.2) is 4.79 Å². The number of amides is 2. The summed E-state index contributed by atoms with van der Waals surface area (Å²) < 4.78 is 4.75. The molecule has 0 aromatic carbocycles. The van der Waals surface area contributed by atoms with Crippen LogP contribution in [-0.2, 0) is 17.6 Å². The minimum atomic E-state index is -0.448. The van der Waals surface area contributed by atoms with Crippen molar-refractivity contribution in [2.24, 2.45) is 0 Å². The zero-order valence-electron chi connectivity index (χ0n) is 13.1. The maximum Gasteiger partial charge on any atom is 0.407 e. The van der Waals surface area contributed by atoms with Crippen LogP contribution in [0.2, 0.25) is 0 Å². The lowest BCUT2D eigenvalue weighted by atomic mass is 10.00. The molecule has 1 aromatic heterocycles. The number of carbonyl (C=O) groups excluding carboxylic acids is 2. The molecule has 0 radical (unpaired) electrons. The molecule has 2 amide bonds. The topological polar surface area (TPSA) is 67.4 Å². The summed E-state index contributed by atoms with van der Waals surface area (Å²) in [7, 11) is 0. The van der Waals surface area contributed by atoms with E-state index in [0.717, 1.165) is 17.7 Å². The highest BCUT2D eigenvalue weighted by Gasteiger charge is 2.15. The molecule has 0 spiro atoms. The molecule has 1 aliphatic rings. The van der Waals surface area contributed by atoms with Crippen molar-refractivity contribution in [2.45, 2.75) is 45.4 Å². The Labute approximate surface area is 135 Å². The Morgan fingerprint density at radius 3 is 2.64 bits per heavy atom. The van der Waals surface area contributed by atoms with Crippen LogP contribution in [-0.4, -0.2) is 31.7 Å². The third-order valence-electron chi connectivity index (χ3n) is 3.68. The summed E-state index contributed by atoms with van der Waals surface area (Å²) in [5.41, 5.74) is 1.35. The van der Waals surface area contributed by atoms with Gasteiger partial charge in [0, 0.05) is 18.0 Å². The predicted octanol–water partition coefficient (Wildman–Crippen LogP) is 2.88. The van der Waals surface area contributed by atoms with Gasteiger partial charge in [-0.15, -0.1) is 11.3 Å². The number of rotatable bonds is 5. The van der Waals surface area contributed by atoms with Gasteiger partial charge in [-0.1, -0.05) is 12.8 Å². The molecule has 1 heterocycles. The summed E-state index contributed by atoms with van der Waals surface area (Å²) in [4.78, 5) is 25.4. The quantitative estimate of drug-likeness (QED) is 0.818. The van der Waals surface area contributed by atoms with Gasteiger partial charge in [-0.05, 0) is 44.2 Å². The molecule has 2 N–H and O–H groups in total. The first-order valence-corrected chi connectivity index (χ1v) is 8.82. The van der Waals surface area contributed by atoms with Crippen LogP contribution >= 0.6 is 11.3 Å². The molecule has 1 aliphatic carbocycles. The fourth-order valence-electron chi connectivity index (χ4n) is 2.57. The number of alkyl carbamates (subject to hydrolysis) is 1. The van der Waals surface area contributed by atoms with Crippen molar-refractivity contribution in [1.82, 2.24) is 10.6 Å². The smallest absolute Gasteiger partial charge is 0.407 e. The molecule has 0 bridgehead atoms. The maximum atomic E-state index is 12.2. The Kier molecular flexibility index (Phi) is 6.71. The summed E-state index contributed by atoms with van der Waals surface area (Å²) in [5.74, 6) is -0.0533. The number of aryl methyl sites for hydroxylation is 2. The number of thiophene rings is 1. The van der Waals surface area contributed by atoms with Gasteiger partial charge in [0.1, 0.15) is 0 Å². The largest absolute Gasteiger partial charge is 0.450 e. The number of fused-ring (bicyclic) bond motifs is 1. The molecule has 0 saturated heterocycles. The van der Waals surface area contributed by atoms with Gasteiger partial charge in [-0.3, -0.25) is 4.79 Å². The van der Waals surface area contributed by atoms with E-state index in [1.165, 1.54) is 36.1 Å². The van der Waals surface area contributed by atoms with Crippen LogP contribution in [0.5, 0.6) is 0 Å². The van der Waals surface area contributed by atoms with Gasteiger partial charge in [0.15, 0.2) is 0 Å². The van der Waals surface area contributed by atoms with Gasteiger partial charge < -0.3 is 15.4 Å². The Hall–Kier alpha value is -1.56. The number of nitrogens with one attached hydrogen (secondary N) is 2.